The molecule has 0 aliphatic carbocycles. The summed E-state index contributed by atoms with van der Waals surface area (Å²) in [4.78, 5) is 1.25. The van der Waals surface area contributed by atoms with Crippen LogP contribution in [0.2, 0.25) is 0 Å². The lowest BCUT2D eigenvalue weighted by Gasteiger charge is -2.14. The quantitative estimate of drug-likeness (QED) is 0.913. The third-order valence-corrected chi connectivity index (χ3v) is 3.95. The summed E-state index contributed by atoms with van der Waals surface area (Å²) in [5.41, 5.74) is 4.77. The summed E-state index contributed by atoms with van der Waals surface area (Å²) in [5.74, 6) is 0.624. The van der Waals surface area contributed by atoms with E-state index in [1.165, 1.54) is 24.9 Å². The van der Waals surface area contributed by atoms with Crippen LogP contribution in [0.3, 0.4) is 0 Å². The van der Waals surface area contributed by atoms with Gasteiger partial charge >= 0.3 is 6.18 Å². The molecule has 2 N–H and O–H groups in total. The van der Waals surface area contributed by atoms with Gasteiger partial charge in [-0.15, -0.1) is 0 Å². The van der Waals surface area contributed by atoms with E-state index < -0.39 is 11.7 Å². The van der Waals surface area contributed by atoms with Crippen LogP contribution in [-0.2, 0) is 12.7 Å². The molecular weight excluding hydrogens is 299 g/mol. The van der Waals surface area contributed by atoms with Gasteiger partial charge in [-0.25, -0.2) is 0 Å². The monoisotopic (exact) mass is 313 g/mol. The van der Waals surface area contributed by atoms with Crippen LogP contribution in [0.5, 0.6) is 5.75 Å². The first-order valence-corrected chi connectivity index (χ1v) is 6.98. The van der Waals surface area contributed by atoms with Crippen LogP contribution in [0, 0.1) is 0 Å². The maximum Gasteiger partial charge on any atom is 0.416 e. The molecule has 0 heterocycles. The van der Waals surface area contributed by atoms with Crippen LogP contribution in [0.25, 0.3) is 0 Å². The maximum absolute atomic E-state index is 13.0. The Bertz CT molecular complexity index is 629. The lowest BCUT2D eigenvalue weighted by molar-refractivity contribution is -0.138. The van der Waals surface area contributed by atoms with Crippen molar-refractivity contribution in [1.29, 1.82) is 0 Å². The van der Waals surface area contributed by atoms with E-state index in [4.69, 9.17) is 10.5 Å². The lowest BCUT2D eigenvalue weighted by atomic mass is 10.1. The largest absolute Gasteiger partial charge is 0.496 e. The summed E-state index contributed by atoms with van der Waals surface area (Å²) in [6.45, 7) is -0.144. The Hall–Kier alpha value is -1.66. The van der Waals surface area contributed by atoms with E-state index in [9.17, 15) is 13.2 Å². The van der Waals surface area contributed by atoms with E-state index in [1.807, 2.05) is 12.1 Å². The van der Waals surface area contributed by atoms with Crippen molar-refractivity contribution in [2.45, 2.75) is 22.5 Å². The van der Waals surface area contributed by atoms with Gasteiger partial charge in [-0.1, -0.05) is 30.0 Å². The van der Waals surface area contributed by atoms with Gasteiger partial charge in [0.2, 0.25) is 0 Å². The molecule has 0 aliphatic rings. The normalized spacial score (nSPS) is 11.5. The minimum absolute atomic E-state index is 0.0897. The molecule has 0 radical (unpaired) electrons. The van der Waals surface area contributed by atoms with Crippen molar-refractivity contribution in [3.05, 3.63) is 53.6 Å². The fourth-order valence-electron chi connectivity index (χ4n) is 1.89. The molecule has 21 heavy (non-hydrogen) atoms. The Kier molecular flexibility index (Phi) is 4.80. The molecule has 0 saturated heterocycles. The van der Waals surface area contributed by atoms with Crippen molar-refractivity contribution in [1.82, 2.24) is 0 Å². The Morgan fingerprint density at radius 3 is 2.48 bits per heavy atom. The maximum atomic E-state index is 13.0. The number of methoxy groups -OCH3 is 1. The van der Waals surface area contributed by atoms with E-state index in [0.29, 0.717) is 10.6 Å². The van der Waals surface area contributed by atoms with Crippen molar-refractivity contribution >= 4 is 11.8 Å². The molecule has 112 valence electrons. The SMILES string of the molecule is COc1ccccc1Sc1ccc(CN)c(C(F)(F)F)c1. The summed E-state index contributed by atoms with van der Waals surface area (Å²) >= 11 is 1.22. The molecular formula is C15H14F3NOS. The standard InChI is InChI=1S/C15H14F3NOS/c1-20-13-4-2-3-5-14(13)21-11-7-6-10(9-19)12(8-11)15(16,17)18/h2-8H,9,19H2,1H3. The minimum atomic E-state index is -4.41. The molecule has 2 nitrogen and oxygen atoms in total. The Morgan fingerprint density at radius 2 is 1.86 bits per heavy atom. The number of hydrogen-bond acceptors (Lipinski definition) is 3. The topological polar surface area (TPSA) is 35.2 Å². The zero-order valence-electron chi connectivity index (χ0n) is 11.3. The zero-order chi connectivity index (χ0) is 15.5. The second kappa shape index (κ2) is 6.41. The van der Waals surface area contributed by atoms with E-state index in [0.717, 1.165) is 11.0 Å². The molecule has 0 unspecified atom stereocenters. The predicted molar refractivity (Wildman–Crippen MR) is 76.5 cm³/mol. The van der Waals surface area contributed by atoms with Gasteiger partial charge < -0.3 is 10.5 Å². The third-order valence-electron chi connectivity index (χ3n) is 2.90. The van der Waals surface area contributed by atoms with Gasteiger partial charge in [-0.3, -0.25) is 0 Å². The highest BCUT2D eigenvalue weighted by Crippen LogP contribution is 2.39. The van der Waals surface area contributed by atoms with E-state index in [2.05, 4.69) is 0 Å². The van der Waals surface area contributed by atoms with Crippen LogP contribution in [0.15, 0.2) is 52.3 Å². The zero-order valence-corrected chi connectivity index (χ0v) is 12.1. The van der Waals surface area contributed by atoms with Gasteiger partial charge in [0, 0.05) is 11.4 Å². The molecule has 0 aromatic heterocycles. The Morgan fingerprint density at radius 1 is 1.14 bits per heavy atom. The van der Waals surface area contributed by atoms with Gasteiger partial charge in [-0.2, -0.15) is 13.2 Å². The average Bonchev–Trinajstić information content (AvgIpc) is 2.47. The van der Waals surface area contributed by atoms with E-state index in [-0.39, 0.29) is 12.1 Å². The molecule has 2 aromatic carbocycles. The first-order chi connectivity index (χ1) is 9.95. The minimum Gasteiger partial charge on any atom is -0.496 e. The number of ether oxygens (including phenoxy) is 1. The van der Waals surface area contributed by atoms with Crippen molar-refractivity contribution in [3.8, 4) is 5.75 Å². The molecule has 0 bridgehead atoms. The Balaban J connectivity index is 2.37. The van der Waals surface area contributed by atoms with E-state index in [1.54, 1.807) is 18.2 Å². The number of benzene rings is 2. The fourth-order valence-corrected chi connectivity index (χ4v) is 2.86. The second-order valence-electron chi connectivity index (χ2n) is 4.27. The number of alkyl halides is 3. The molecule has 0 atom stereocenters. The molecule has 0 aliphatic heterocycles. The van der Waals surface area contributed by atoms with Crippen LogP contribution in [0.1, 0.15) is 11.1 Å². The van der Waals surface area contributed by atoms with Crippen molar-refractivity contribution in [3.63, 3.8) is 0 Å². The smallest absolute Gasteiger partial charge is 0.416 e. The van der Waals surface area contributed by atoms with Crippen molar-refractivity contribution < 1.29 is 17.9 Å². The van der Waals surface area contributed by atoms with Gasteiger partial charge in [0.15, 0.2) is 0 Å². The average molecular weight is 313 g/mol. The number of halogens is 3. The highest BCUT2D eigenvalue weighted by molar-refractivity contribution is 7.99. The van der Waals surface area contributed by atoms with Crippen LogP contribution in [0.4, 0.5) is 13.2 Å². The molecule has 0 spiro atoms. The summed E-state index contributed by atoms with van der Waals surface area (Å²) in [6, 6.07) is 11.4. The Labute approximate surface area is 125 Å². The molecule has 0 amide bonds. The summed E-state index contributed by atoms with van der Waals surface area (Å²) in [5, 5.41) is 0. The fraction of sp³-hybridized carbons (Fsp3) is 0.200. The number of hydrogen-bond donors (Lipinski definition) is 1. The summed E-state index contributed by atoms with van der Waals surface area (Å²) < 4.78 is 44.2. The van der Waals surface area contributed by atoms with Crippen LogP contribution < -0.4 is 10.5 Å². The van der Waals surface area contributed by atoms with E-state index >= 15 is 0 Å². The van der Waals surface area contributed by atoms with Gasteiger partial charge in [0.1, 0.15) is 5.75 Å². The molecule has 0 fully saturated rings. The molecule has 0 saturated carbocycles. The predicted octanol–water partition coefficient (Wildman–Crippen LogP) is 4.32. The highest BCUT2D eigenvalue weighted by Gasteiger charge is 2.33. The van der Waals surface area contributed by atoms with Crippen molar-refractivity contribution in [2.75, 3.05) is 7.11 Å². The summed E-state index contributed by atoms with van der Waals surface area (Å²) in [6.07, 6.45) is -4.41. The van der Waals surface area contributed by atoms with Crippen LogP contribution in [-0.4, -0.2) is 7.11 Å². The summed E-state index contributed by atoms with van der Waals surface area (Å²) in [7, 11) is 1.53. The highest BCUT2D eigenvalue weighted by atomic mass is 32.2. The van der Waals surface area contributed by atoms with Gasteiger partial charge in [0.05, 0.1) is 17.6 Å². The first kappa shape index (κ1) is 15.7. The second-order valence-corrected chi connectivity index (χ2v) is 5.39. The first-order valence-electron chi connectivity index (χ1n) is 6.16. The van der Waals surface area contributed by atoms with Gasteiger partial charge in [0.25, 0.3) is 0 Å². The van der Waals surface area contributed by atoms with Crippen molar-refractivity contribution in [2.24, 2.45) is 5.73 Å². The molecule has 2 aromatic rings. The lowest BCUT2D eigenvalue weighted by Crippen LogP contribution is -2.11. The molecule has 2 rings (SSSR count). The number of para-hydroxylation sites is 1. The molecule has 6 heteroatoms. The number of rotatable bonds is 4. The third kappa shape index (κ3) is 3.71. The van der Waals surface area contributed by atoms with Gasteiger partial charge in [-0.05, 0) is 29.8 Å². The van der Waals surface area contributed by atoms with Crippen LogP contribution >= 0.6 is 11.8 Å². The number of nitrogens with two attached hydrogens (primary N) is 1.